The smallest absolute Gasteiger partial charge is 0.230 e. The third kappa shape index (κ3) is 4.63. The molecular weight excluding hydrogens is 458 g/mol. The number of nitrogens with one attached hydrogen (secondary N) is 1. The lowest BCUT2D eigenvalue weighted by molar-refractivity contribution is -0.138. The lowest BCUT2D eigenvalue weighted by Crippen LogP contribution is -2.27. The number of thiophene rings is 1. The third-order valence-corrected chi connectivity index (χ3v) is 7.63. The van der Waals surface area contributed by atoms with Gasteiger partial charge in [-0.15, -0.1) is 11.3 Å². The van der Waals surface area contributed by atoms with Gasteiger partial charge in [0, 0.05) is 40.1 Å². The number of likely N-dealkylation sites (tertiary alicyclic amines) is 1. The molecule has 2 aliphatic heterocycles. The maximum absolute atomic E-state index is 12.1. The molecule has 2 fully saturated rings. The first kappa shape index (κ1) is 22.3. The highest BCUT2D eigenvalue weighted by molar-refractivity contribution is 7.19. The number of rotatable bonds is 5. The Kier molecular flexibility index (Phi) is 6.36. The van der Waals surface area contributed by atoms with Crippen LogP contribution in [0.2, 0.25) is 5.02 Å². The highest BCUT2D eigenvalue weighted by atomic mass is 35.5. The molecule has 2 aliphatic rings. The molecule has 8 heteroatoms. The summed E-state index contributed by atoms with van der Waals surface area (Å²) in [6, 6.07) is 7.86. The van der Waals surface area contributed by atoms with Crippen molar-refractivity contribution in [1.29, 1.82) is 0 Å². The van der Waals surface area contributed by atoms with Crippen LogP contribution >= 0.6 is 22.9 Å². The zero-order valence-corrected chi connectivity index (χ0v) is 20.1. The predicted molar refractivity (Wildman–Crippen MR) is 131 cm³/mol. The number of hydrogen-bond donors (Lipinski definition) is 1. The Morgan fingerprint density at radius 1 is 1.15 bits per heavy atom. The number of benzene rings is 1. The zero-order valence-electron chi connectivity index (χ0n) is 18.5. The van der Waals surface area contributed by atoms with Gasteiger partial charge < -0.3 is 10.1 Å². The molecule has 2 amide bonds. The maximum Gasteiger partial charge on any atom is 0.230 e. The highest BCUT2D eigenvalue weighted by Crippen LogP contribution is 2.42. The van der Waals surface area contributed by atoms with Crippen LogP contribution < -0.4 is 10.1 Å². The van der Waals surface area contributed by atoms with Gasteiger partial charge in [0.2, 0.25) is 11.8 Å². The molecule has 172 valence electrons. The number of carbonyl (C=O) groups is 2. The van der Waals surface area contributed by atoms with Crippen molar-refractivity contribution in [3.8, 4) is 16.9 Å². The van der Waals surface area contributed by atoms with Crippen LogP contribution in [0.1, 0.15) is 42.5 Å². The number of aryl methyl sites for hydroxylation is 1. The summed E-state index contributed by atoms with van der Waals surface area (Å²) < 4.78 is 7.59. The third-order valence-electron chi connectivity index (χ3n) is 6.27. The number of halogens is 1. The SMILES string of the molecule is Cc1cc(Cl)cc(-c2ccnc3cc(CN4C(=O)CCC4=O)sc23)c1O[C@H]1CCCNCC1. The van der Waals surface area contributed by atoms with Gasteiger partial charge >= 0.3 is 0 Å². The first-order chi connectivity index (χ1) is 16.0. The first-order valence-electron chi connectivity index (χ1n) is 11.4. The number of amides is 2. The molecule has 2 saturated heterocycles. The number of nitrogens with zero attached hydrogens (tertiary/aromatic N) is 2. The highest BCUT2D eigenvalue weighted by Gasteiger charge is 2.29. The van der Waals surface area contributed by atoms with E-state index in [0.717, 1.165) is 69.9 Å². The Labute approximate surface area is 201 Å². The van der Waals surface area contributed by atoms with Crippen LogP contribution in [0.5, 0.6) is 5.75 Å². The summed E-state index contributed by atoms with van der Waals surface area (Å²) in [5.41, 5.74) is 3.80. The van der Waals surface area contributed by atoms with E-state index in [4.69, 9.17) is 16.3 Å². The quantitative estimate of drug-likeness (QED) is 0.511. The van der Waals surface area contributed by atoms with Gasteiger partial charge in [-0.3, -0.25) is 19.5 Å². The molecule has 3 aromatic rings. The van der Waals surface area contributed by atoms with Crippen LogP contribution in [0.15, 0.2) is 30.5 Å². The molecule has 1 atom stereocenters. The summed E-state index contributed by atoms with van der Waals surface area (Å²) in [4.78, 5) is 31.0. The van der Waals surface area contributed by atoms with Gasteiger partial charge in [0.1, 0.15) is 11.9 Å². The molecular formula is C25H26ClN3O3S. The van der Waals surface area contributed by atoms with Crippen LogP contribution in [-0.2, 0) is 16.1 Å². The zero-order chi connectivity index (χ0) is 22.9. The van der Waals surface area contributed by atoms with E-state index < -0.39 is 0 Å². The monoisotopic (exact) mass is 483 g/mol. The molecule has 0 bridgehead atoms. The van der Waals surface area contributed by atoms with Gasteiger partial charge in [0.15, 0.2) is 0 Å². The summed E-state index contributed by atoms with van der Waals surface area (Å²) in [5, 5.41) is 4.10. The minimum Gasteiger partial charge on any atom is -0.489 e. The van der Waals surface area contributed by atoms with Gasteiger partial charge in [0.25, 0.3) is 0 Å². The molecule has 1 N–H and O–H groups in total. The Morgan fingerprint density at radius 3 is 2.79 bits per heavy atom. The molecule has 0 unspecified atom stereocenters. The summed E-state index contributed by atoms with van der Waals surface area (Å²) in [5.74, 6) is 0.646. The molecule has 0 radical (unpaired) electrons. The van der Waals surface area contributed by atoms with E-state index in [9.17, 15) is 9.59 Å². The van der Waals surface area contributed by atoms with Crippen molar-refractivity contribution in [2.75, 3.05) is 13.1 Å². The number of ether oxygens (including phenoxy) is 1. The summed E-state index contributed by atoms with van der Waals surface area (Å²) >= 11 is 8.05. The van der Waals surface area contributed by atoms with Gasteiger partial charge in [-0.05, 0) is 69.1 Å². The average Bonchev–Trinajstić information content (AvgIpc) is 3.22. The van der Waals surface area contributed by atoms with Crippen molar-refractivity contribution in [3.05, 3.63) is 45.9 Å². The molecule has 5 rings (SSSR count). The van der Waals surface area contributed by atoms with Crippen LogP contribution in [0, 0.1) is 6.92 Å². The topological polar surface area (TPSA) is 71.5 Å². The Morgan fingerprint density at radius 2 is 1.97 bits per heavy atom. The van der Waals surface area contributed by atoms with E-state index in [1.807, 2.05) is 31.2 Å². The fraction of sp³-hybridized carbons (Fsp3) is 0.400. The minimum atomic E-state index is -0.107. The molecule has 0 aliphatic carbocycles. The minimum absolute atomic E-state index is 0.107. The molecule has 1 aromatic carbocycles. The Balaban J connectivity index is 1.54. The summed E-state index contributed by atoms with van der Waals surface area (Å²) in [6.45, 7) is 4.30. The number of aromatic nitrogens is 1. The number of fused-ring (bicyclic) bond motifs is 1. The second-order valence-corrected chi connectivity index (χ2v) is 10.3. The van der Waals surface area contributed by atoms with Gasteiger partial charge in [0.05, 0.1) is 16.8 Å². The van der Waals surface area contributed by atoms with Crippen molar-refractivity contribution in [2.45, 2.75) is 51.7 Å². The molecule has 6 nitrogen and oxygen atoms in total. The van der Waals surface area contributed by atoms with E-state index in [-0.39, 0.29) is 17.9 Å². The standard InChI is InChI=1S/C25H26ClN3O3S/c1-15-11-16(26)12-20(24(15)32-17-3-2-8-27-9-6-17)19-7-10-28-21-13-18(33-25(19)21)14-29-22(30)4-5-23(29)31/h7,10-13,17,27H,2-6,8-9,14H2,1H3/t17-/m0/s1. The fourth-order valence-corrected chi connectivity index (χ4v) is 5.99. The molecule has 0 saturated carbocycles. The van der Waals surface area contributed by atoms with Crippen LogP contribution in [0.3, 0.4) is 0 Å². The van der Waals surface area contributed by atoms with Crippen molar-refractivity contribution in [1.82, 2.24) is 15.2 Å². The van der Waals surface area contributed by atoms with E-state index in [1.165, 1.54) is 4.90 Å². The second kappa shape index (κ2) is 9.41. The lowest BCUT2D eigenvalue weighted by Gasteiger charge is -2.22. The lowest BCUT2D eigenvalue weighted by atomic mass is 10.0. The molecule has 4 heterocycles. The fourth-order valence-electron chi connectivity index (χ4n) is 4.59. The number of carbonyl (C=O) groups excluding carboxylic acids is 2. The number of pyridine rings is 1. The van der Waals surface area contributed by atoms with Crippen LogP contribution in [0.4, 0.5) is 0 Å². The Bertz CT molecular complexity index is 1200. The second-order valence-electron chi connectivity index (χ2n) is 8.68. The van der Waals surface area contributed by atoms with Gasteiger partial charge in [-0.25, -0.2) is 0 Å². The normalized spacial score (nSPS) is 19.3. The van der Waals surface area contributed by atoms with Gasteiger partial charge in [-0.2, -0.15) is 0 Å². The summed E-state index contributed by atoms with van der Waals surface area (Å²) in [7, 11) is 0. The molecule has 2 aromatic heterocycles. The molecule has 0 spiro atoms. The van der Waals surface area contributed by atoms with Crippen molar-refractivity contribution in [2.24, 2.45) is 0 Å². The van der Waals surface area contributed by atoms with E-state index in [2.05, 4.69) is 10.3 Å². The van der Waals surface area contributed by atoms with Crippen molar-refractivity contribution < 1.29 is 14.3 Å². The average molecular weight is 484 g/mol. The van der Waals surface area contributed by atoms with Crippen molar-refractivity contribution >= 4 is 45.0 Å². The van der Waals surface area contributed by atoms with E-state index in [0.29, 0.717) is 24.4 Å². The number of hydrogen-bond acceptors (Lipinski definition) is 6. The molecule has 33 heavy (non-hydrogen) atoms. The van der Waals surface area contributed by atoms with E-state index >= 15 is 0 Å². The summed E-state index contributed by atoms with van der Waals surface area (Å²) in [6.07, 6.45) is 5.61. The van der Waals surface area contributed by atoms with Crippen LogP contribution in [-0.4, -0.2) is 40.9 Å². The number of imide groups is 1. The largest absolute Gasteiger partial charge is 0.489 e. The predicted octanol–water partition coefficient (Wildman–Crippen LogP) is 5.10. The van der Waals surface area contributed by atoms with Crippen LogP contribution in [0.25, 0.3) is 21.3 Å². The van der Waals surface area contributed by atoms with Crippen molar-refractivity contribution in [3.63, 3.8) is 0 Å². The first-order valence-corrected chi connectivity index (χ1v) is 12.6. The van der Waals surface area contributed by atoms with E-state index in [1.54, 1.807) is 17.5 Å². The maximum atomic E-state index is 12.1. The Hall–Kier alpha value is -2.48. The van der Waals surface area contributed by atoms with Gasteiger partial charge in [-0.1, -0.05) is 11.6 Å².